The summed E-state index contributed by atoms with van der Waals surface area (Å²) in [5.74, 6) is 1.44. The van der Waals surface area contributed by atoms with Gasteiger partial charge in [0.2, 0.25) is 0 Å². The van der Waals surface area contributed by atoms with Crippen molar-refractivity contribution in [3.05, 3.63) is 23.8 Å². The van der Waals surface area contributed by atoms with Gasteiger partial charge in [-0.25, -0.2) is 0 Å². The molecule has 1 aromatic rings. The van der Waals surface area contributed by atoms with Crippen molar-refractivity contribution >= 4 is 6.21 Å². The molecule has 0 saturated heterocycles. The number of nitrogens with one attached hydrogen (secondary N) is 1. The summed E-state index contributed by atoms with van der Waals surface area (Å²) in [5, 5.41) is 3.94. The Hall–Kier alpha value is -1.71. The summed E-state index contributed by atoms with van der Waals surface area (Å²) < 4.78 is 10.7. The van der Waals surface area contributed by atoms with Crippen LogP contribution in [0.3, 0.4) is 0 Å². The van der Waals surface area contributed by atoms with E-state index >= 15 is 0 Å². The van der Waals surface area contributed by atoms with Gasteiger partial charge in [-0.1, -0.05) is 6.07 Å². The first kappa shape index (κ1) is 11.4. The molecular weight excluding hydrogens is 192 g/mol. The molecule has 1 aromatic carbocycles. The van der Waals surface area contributed by atoms with Crippen molar-refractivity contribution in [3.8, 4) is 11.5 Å². The normalized spacial score (nSPS) is 10.3. The molecule has 1 rings (SSSR count). The van der Waals surface area contributed by atoms with Crippen LogP contribution in [0.1, 0.15) is 12.5 Å². The zero-order valence-electron chi connectivity index (χ0n) is 9.28. The van der Waals surface area contributed by atoms with Crippen LogP contribution in [0.5, 0.6) is 11.5 Å². The van der Waals surface area contributed by atoms with Crippen LogP contribution in [0, 0.1) is 0 Å². The SMILES string of the molecule is CCOc1cccc(/C=N/NC)c1OC. The zero-order chi connectivity index (χ0) is 11.1. The minimum Gasteiger partial charge on any atom is -0.492 e. The predicted molar refractivity (Wildman–Crippen MR) is 60.8 cm³/mol. The molecule has 4 nitrogen and oxygen atoms in total. The molecule has 0 atom stereocenters. The van der Waals surface area contributed by atoms with Gasteiger partial charge in [-0.15, -0.1) is 0 Å². The number of rotatable bonds is 5. The minimum atomic E-state index is 0.614. The van der Waals surface area contributed by atoms with Crippen LogP contribution in [0.4, 0.5) is 0 Å². The zero-order valence-corrected chi connectivity index (χ0v) is 9.28. The van der Waals surface area contributed by atoms with E-state index < -0.39 is 0 Å². The molecular formula is C11H16N2O2. The maximum atomic E-state index is 5.44. The van der Waals surface area contributed by atoms with Gasteiger partial charge in [0.15, 0.2) is 11.5 Å². The highest BCUT2D eigenvalue weighted by Gasteiger charge is 2.07. The molecule has 82 valence electrons. The van der Waals surface area contributed by atoms with E-state index in [2.05, 4.69) is 10.5 Å². The van der Waals surface area contributed by atoms with Gasteiger partial charge in [-0.2, -0.15) is 5.10 Å². The molecule has 0 aliphatic carbocycles. The second kappa shape index (κ2) is 5.90. The third-order valence-electron chi connectivity index (χ3n) is 1.85. The Bertz CT molecular complexity index is 337. The van der Waals surface area contributed by atoms with Gasteiger partial charge in [0, 0.05) is 12.6 Å². The van der Waals surface area contributed by atoms with Crippen molar-refractivity contribution < 1.29 is 9.47 Å². The third kappa shape index (κ3) is 2.87. The number of hydrogen-bond acceptors (Lipinski definition) is 4. The van der Waals surface area contributed by atoms with Gasteiger partial charge in [0.05, 0.1) is 19.9 Å². The van der Waals surface area contributed by atoms with Gasteiger partial charge in [-0.05, 0) is 19.1 Å². The number of hydrogen-bond donors (Lipinski definition) is 1. The summed E-state index contributed by atoms with van der Waals surface area (Å²) in [6, 6.07) is 5.70. The van der Waals surface area contributed by atoms with Crippen LogP contribution in [-0.4, -0.2) is 27.0 Å². The van der Waals surface area contributed by atoms with E-state index in [1.807, 2.05) is 25.1 Å². The summed E-state index contributed by atoms with van der Waals surface area (Å²) >= 11 is 0. The van der Waals surface area contributed by atoms with Gasteiger partial charge < -0.3 is 14.9 Å². The minimum absolute atomic E-state index is 0.614. The first-order chi connectivity index (χ1) is 7.33. The van der Waals surface area contributed by atoms with Crippen LogP contribution in [0.2, 0.25) is 0 Å². The van der Waals surface area contributed by atoms with E-state index in [9.17, 15) is 0 Å². The van der Waals surface area contributed by atoms with E-state index in [4.69, 9.17) is 9.47 Å². The number of para-hydroxylation sites is 1. The van der Waals surface area contributed by atoms with E-state index in [0.717, 1.165) is 11.3 Å². The molecule has 0 unspecified atom stereocenters. The monoisotopic (exact) mass is 208 g/mol. The second-order valence-corrected chi connectivity index (χ2v) is 2.79. The molecule has 0 aliphatic heterocycles. The summed E-state index contributed by atoms with van der Waals surface area (Å²) in [6.45, 7) is 2.55. The fraction of sp³-hybridized carbons (Fsp3) is 0.364. The molecule has 0 spiro atoms. The Morgan fingerprint density at radius 1 is 1.47 bits per heavy atom. The molecule has 0 aromatic heterocycles. The van der Waals surface area contributed by atoms with Crippen LogP contribution < -0.4 is 14.9 Å². The Labute approximate surface area is 89.9 Å². The van der Waals surface area contributed by atoms with Gasteiger partial charge in [0.25, 0.3) is 0 Å². The molecule has 0 bridgehead atoms. The lowest BCUT2D eigenvalue weighted by Gasteiger charge is -2.10. The highest BCUT2D eigenvalue weighted by Crippen LogP contribution is 2.29. The predicted octanol–water partition coefficient (Wildman–Crippen LogP) is 1.65. The average molecular weight is 208 g/mol. The fourth-order valence-electron chi connectivity index (χ4n) is 1.26. The number of nitrogens with zero attached hydrogens (tertiary/aromatic N) is 1. The smallest absolute Gasteiger partial charge is 0.169 e. The van der Waals surface area contributed by atoms with E-state index in [1.165, 1.54) is 0 Å². The maximum absolute atomic E-state index is 5.44. The fourth-order valence-corrected chi connectivity index (χ4v) is 1.26. The van der Waals surface area contributed by atoms with Crippen LogP contribution in [0.25, 0.3) is 0 Å². The van der Waals surface area contributed by atoms with Crippen molar-refractivity contribution in [3.63, 3.8) is 0 Å². The third-order valence-corrected chi connectivity index (χ3v) is 1.85. The molecule has 0 aliphatic rings. The lowest BCUT2D eigenvalue weighted by Crippen LogP contribution is -2.00. The summed E-state index contributed by atoms with van der Waals surface area (Å²) in [6.07, 6.45) is 1.70. The maximum Gasteiger partial charge on any atom is 0.169 e. The summed E-state index contributed by atoms with van der Waals surface area (Å²) in [5.41, 5.74) is 3.58. The second-order valence-electron chi connectivity index (χ2n) is 2.79. The number of benzene rings is 1. The molecule has 0 radical (unpaired) electrons. The molecule has 0 fully saturated rings. The lowest BCUT2D eigenvalue weighted by atomic mass is 10.2. The molecule has 0 amide bonds. The van der Waals surface area contributed by atoms with Crippen molar-refractivity contribution in [2.75, 3.05) is 20.8 Å². The number of ether oxygens (including phenoxy) is 2. The first-order valence-electron chi connectivity index (χ1n) is 4.83. The van der Waals surface area contributed by atoms with E-state index in [-0.39, 0.29) is 0 Å². The van der Waals surface area contributed by atoms with Crippen LogP contribution in [-0.2, 0) is 0 Å². The lowest BCUT2D eigenvalue weighted by molar-refractivity contribution is 0.310. The van der Waals surface area contributed by atoms with Crippen molar-refractivity contribution in [2.45, 2.75) is 6.92 Å². The molecule has 15 heavy (non-hydrogen) atoms. The Balaban J connectivity index is 3.04. The van der Waals surface area contributed by atoms with E-state index in [1.54, 1.807) is 20.4 Å². The van der Waals surface area contributed by atoms with Gasteiger partial charge in [-0.3, -0.25) is 0 Å². The summed E-state index contributed by atoms with van der Waals surface area (Å²) in [4.78, 5) is 0. The largest absolute Gasteiger partial charge is 0.492 e. The standard InChI is InChI=1S/C11H16N2O2/c1-4-15-10-7-5-6-9(8-13-12-2)11(10)14-3/h5-8,12H,4H2,1-3H3/b13-8+. The van der Waals surface area contributed by atoms with Crippen molar-refractivity contribution in [2.24, 2.45) is 5.10 Å². The van der Waals surface area contributed by atoms with Gasteiger partial charge >= 0.3 is 0 Å². The van der Waals surface area contributed by atoms with Crippen molar-refractivity contribution in [1.29, 1.82) is 0 Å². The van der Waals surface area contributed by atoms with Crippen molar-refractivity contribution in [1.82, 2.24) is 5.43 Å². The molecule has 0 heterocycles. The van der Waals surface area contributed by atoms with Crippen LogP contribution >= 0.6 is 0 Å². The quantitative estimate of drug-likeness (QED) is 0.591. The highest BCUT2D eigenvalue weighted by atomic mass is 16.5. The van der Waals surface area contributed by atoms with Crippen LogP contribution in [0.15, 0.2) is 23.3 Å². The topological polar surface area (TPSA) is 42.8 Å². The Morgan fingerprint density at radius 3 is 2.87 bits per heavy atom. The van der Waals surface area contributed by atoms with E-state index in [0.29, 0.717) is 12.4 Å². The number of methoxy groups -OCH3 is 1. The Morgan fingerprint density at radius 2 is 2.27 bits per heavy atom. The molecule has 0 saturated carbocycles. The number of hydrazone groups is 1. The molecule has 1 N–H and O–H groups in total. The first-order valence-corrected chi connectivity index (χ1v) is 4.83. The summed E-state index contributed by atoms with van der Waals surface area (Å²) in [7, 11) is 3.37. The highest BCUT2D eigenvalue weighted by molar-refractivity contribution is 5.84. The molecule has 4 heteroatoms. The van der Waals surface area contributed by atoms with Gasteiger partial charge in [0.1, 0.15) is 0 Å². The average Bonchev–Trinajstić information content (AvgIpc) is 2.27. The Kier molecular flexibility index (Phi) is 4.47.